The van der Waals surface area contributed by atoms with E-state index in [-0.39, 0.29) is 29.7 Å². The maximum absolute atomic E-state index is 14.3. The summed E-state index contributed by atoms with van der Waals surface area (Å²) in [5.74, 6) is -1.10. The predicted molar refractivity (Wildman–Crippen MR) is 107 cm³/mol. The lowest BCUT2D eigenvalue weighted by Crippen LogP contribution is -2.41. The molecule has 160 valence electrons. The molecule has 30 heavy (non-hydrogen) atoms. The number of ether oxygens (including phenoxy) is 1. The van der Waals surface area contributed by atoms with Gasteiger partial charge in [-0.05, 0) is 46.9 Å². The van der Waals surface area contributed by atoms with Crippen molar-refractivity contribution in [1.29, 1.82) is 0 Å². The third kappa shape index (κ3) is 3.49. The van der Waals surface area contributed by atoms with Crippen molar-refractivity contribution in [3.05, 3.63) is 64.5 Å². The molecule has 3 rings (SSSR count). The highest BCUT2D eigenvalue weighted by Gasteiger charge is 2.50. The van der Waals surface area contributed by atoms with Gasteiger partial charge in [0.05, 0.1) is 0 Å². The number of nitrogens with zero attached hydrogens (tertiary/aromatic N) is 2. The summed E-state index contributed by atoms with van der Waals surface area (Å²) in [6.07, 6.45) is 0. The van der Waals surface area contributed by atoms with Crippen LogP contribution < -0.4 is 16.2 Å². The van der Waals surface area contributed by atoms with Crippen molar-refractivity contribution in [3.63, 3.8) is 0 Å². The molecule has 0 bridgehead atoms. The van der Waals surface area contributed by atoms with Gasteiger partial charge < -0.3 is 16.2 Å². The van der Waals surface area contributed by atoms with Gasteiger partial charge in [0.2, 0.25) is 0 Å². The van der Waals surface area contributed by atoms with E-state index in [1.807, 2.05) is 13.8 Å². The predicted octanol–water partition coefficient (Wildman–Crippen LogP) is 3.04. The first-order valence-corrected chi connectivity index (χ1v) is 9.33. The summed E-state index contributed by atoms with van der Waals surface area (Å²) < 4.78 is 44.2. The zero-order valence-electron chi connectivity index (χ0n) is 16.8. The molecular formula is C21H23F3N4O2. The van der Waals surface area contributed by atoms with Crippen LogP contribution in [0.1, 0.15) is 42.0 Å². The van der Waals surface area contributed by atoms with Crippen LogP contribution in [-0.2, 0) is 16.9 Å². The number of likely N-dealkylation sites (N-methyl/N-ethyl adjacent to an activating group) is 1. The number of halogens is 3. The molecule has 1 aliphatic heterocycles. The van der Waals surface area contributed by atoms with E-state index < -0.39 is 23.9 Å². The van der Waals surface area contributed by atoms with Crippen LogP contribution in [0.5, 0.6) is 5.75 Å². The molecule has 9 heteroatoms. The second-order valence-corrected chi connectivity index (χ2v) is 7.34. The van der Waals surface area contributed by atoms with E-state index in [4.69, 9.17) is 11.5 Å². The summed E-state index contributed by atoms with van der Waals surface area (Å²) >= 11 is 0. The Morgan fingerprint density at radius 3 is 2.33 bits per heavy atom. The number of nitrogens with two attached hydrogens (primary N) is 2. The van der Waals surface area contributed by atoms with Crippen molar-refractivity contribution in [2.45, 2.75) is 38.5 Å². The Bertz CT molecular complexity index is 1010. The zero-order valence-corrected chi connectivity index (χ0v) is 16.8. The summed E-state index contributed by atoms with van der Waals surface area (Å²) in [4.78, 5) is 19.0. The van der Waals surface area contributed by atoms with Crippen molar-refractivity contribution >= 4 is 11.9 Å². The lowest BCUT2D eigenvalue weighted by atomic mass is 9.80. The maximum Gasteiger partial charge on any atom is 0.387 e. The van der Waals surface area contributed by atoms with Gasteiger partial charge in [0.15, 0.2) is 11.5 Å². The molecule has 0 aliphatic carbocycles. The highest BCUT2D eigenvalue weighted by molar-refractivity contribution is 6.09. The van der Waals surface area contributed by atoms with Gasteiger partial charge in [-0.2, -0.15) is 8.78 Å². The summed E-state index contributed by atoms with van der Waals surface area (Å²) in [7, 11) is 1.48. The lowest BCUT2D eigenvalue weighted by Gasteiger charge is -2.28. The van der Waals surface area contributed by atoms with Crippen molar-refractivity contribution in [1.82, 2.24) is 4.90 Å². The van der Waals surface area contributed by atoms with Gasteiger partial charge in [0.1, 0.15) is 11.6 Å². The third-order valence-electron chi connectivity index (χ3n) is 5.19. The van der Waals surface area contributed by atoms with Gasteiger partial charge in [-0.25, -0.2) is 9.38 Å². The van der Waals surface area contributed by atoms with Gasteiger partial charge in [0, 0.05) is 19.2 Å². The lowest BCUT2D eigenvalue weighted by molar-refractivity contribution is -0.129. The largest absolute Gasteiger partial charge is 0.434 e. The normalized spacial score (nSPS) is 19.0. The maximum atomic E-state index is 14.3. The fraction of sp³-hybridized carbons (Fsp3) is 0.333. The van der Waals surface area contributed by atoms with E-state index in [0.29, 0.717) is 16.7 Å². The number of hydrogen-bond donors (Lipinski definition) is 2. The van der Waals surface area contributed by atoms with E-state index in [9.17, 15) is 18.0 Å². The van der Waals surface area contributed by atoms with Gasteiger partial charge in [-0.15, -0.1) is 0 Å². The molecule has 2 aromatic rings. The average molecular weight is 420 g/mol. The third-order valence-corrected chi connectivity index (χ3v) is 5.19. The van der Waals surface area contributed by atoms with Crippen LogP contribution in [0, 0.1) is 5.82 Å². The van der Waals surface area contributed by atoms with Crippen LogP contribution in [0.15, 0.2) is 41.4 Å². The molecule has 0 spiro atoms. The van der Waals surface area contributed by atoms with E-state index >= 15 is 0 Å². The molecule has 1 unspecified atom stereocenters. The standard InChI is InChI=1S/C21H23F3N4O2/c1-11(2)15-9-14(4-6-16(15)22)21(18(29)28(3)20(26)27-21)13-5-7-17(30-19(23)24)12(8-13)10-25/h4-9,11,19H,10,25H2,1-3H3,(H2,26,27). The number of benzene rings is 2. The zero-order chi connectivity index (χ0) is 22.2. The first-order valence-electron chi connectivity index (χ1n) is 9.33. The minimum atomic E-state index is -3.02. The molecule has 6 nitrogen and oxygen atoms in total. The Hall–Kier alpha value is -3.07. The smallest absolute Gasteiger partial charge is 0.387 e. The van der Waals surface area contributed by atoms with Gasteiger partial charge in [-0.3, -0.25) is 9.69 Å². The number of alkyl halides is 2. The van der Waals surface area contributed by atoms with Crippen molar-refractivity contribution in [2.75, 3.05) is 7.05 Å². The molecule has 4 N–H and O–H groups in total. The van der Waals surface area contributed by atoms with Gasteiger partial charge >= 0.3 is 6.61 Å². The molecule has 0 saturated carbocycles. The molecule has 0 radical (unpaired) electrons. The minimum Gasteiger partial charge on any atom is -0.434 e. The quantitative estimate of drug-likeness (QED) is 0.751. The molecule has 0 fully saturated rings. The summed E-state index contributed by atoms with van der Waals surface area (Å²) in [5, 5.41) is 0. The van der Waals surface area contributed by atoms with Crippen molar-refractivity contribution < 1.29 is 22.7 Å². The van der Waals surface area contributed by atoms with Crippen LogP contribution in [0.2, 0.25) is 0 Å². The number of amides is 1. The van der Waals surface area contributed by atoms with E-state index in [0.717, 1.165) is 0 Å². The molecule has 1 aliphatic rings. The van der Waals surface area contributed by atoms with Gasteiger partial charge in [-0.1, -0.05) is 26.0 Å². The van der Waals surface area contributed by atoms with Crippen LogP contribution in [0.3, 0.4) is 0 Å². The van der Waals surface area contributed by atoms with Crippen molar-refractivity contribution in [3.8, 4) is 5.75 Å². The number of carbonyl (C=O) groups excluding carboxylic acids is 1. The molecular weight excluding hydrogens is 397 g/mol. The van der Waals surface area contributed by atoms with Crippen molar-refractivity contribution in [2.24, 2.45) is 16.5 Å². The number of hydrogen-bond acceptors (Lipinski definition) is 5. The van der Waals surface area contributed by atoms with Crippen LogP contribution in [-0.4, -0.2) is 30.4 Å². The fourth-order valence-corrected chi connectivity index (χ4v) is 3.57. The molecule has 1 amide bonds. The summed E-state index contributed by atoms with van der Waals surface area (Å²) in [6.45, 7) is 0.542. The number of guanidine groups is 1. The molecule has 0 saturated heterocycles. The number of aliphatic imine (C=N–C) groups is 1. The molecule has 2 aromatic carbocycles. The van der Waals surface area contributed by atoms with E-state index in [1.54, 1.807) is 6.07 Å². The first-order chi connectivity index (χ1) is 14.1. The highest BCUT2D eigenvalue weighted by atomic mass is 19.3. The second kappa shape index (κ2) is 7.98. The Balaban J connectivity index is 2.26. The topological polar surface area (TPSA) is 93.9 Å². The number of carbonyl (C=O) groups is 1. The Morgan fingerprint density at radius 1 is 1.17 bits per heavy atom. The Kier molecular flexibility index (Phi) is 5.76. The van der Waals surface area contributed by atoms with Crippen LogP contribution >= 0.6 is 0 Å². The molecule has 1 heterocycles. The molecule has 1 atom stereocenters. The summed E-state index contributed by atoms with van der Waals surface area (Å²) in [6, 6.07) is 8.60. The highest BCUT2D eigenvalue weighted by Crippen LogP contribution is 2.42. The molecule has 0 aromatic heterocycles. The Morgan fingerprint density at radius 2 is 1.80 bits per heavy atom. The summed E-state index contributed by atoms with van der Waals surface area (Å²) in [5.41, 5.74) is 11.5. The van der Waals surface area contributed by atoms with Crippen LogP contribution in [0.4, 0.5) is 13.2 Å². The Labute approximate surface area is 172 Å². The SMILES string of the molecule is CC(C)c1cc(C2(c3ccc(OC(F)F)c(CN)c3)N=C(N)N(C)C2=O)ccc1F. The van der Waals surface area contributed by atoms with E-state index in [1.165, 1.54) is 42.3 Å². The average Bonchev–Trinajstić information content (AvgIpc) is 2.93. The first kappa shape index (κ1) is 21.6. The number of rotatable bonds is 6. The van der Waals surface area contributed by atoms with Gasteiger partial charge in [0.25, 0.3) is 5.91 Å². The fourth-order valence-electron chi connectivity index (χ4n) is 3.57. The van der Waals surface area contributed by atoms with E-state index in [2.05, 4.69) is 9.73 Å². The second-order valence-electron chi connectivity index (χ2n) is 7.34. The monoisotopic (exact) mass is 420 g/mol. The van der Waals surface area contributed by atoms with Crippen LogP contribution in [0.25, 0.3) is 0 Å². The minimum absolute atomic E-state index is 0.0161.